The van der Waals surface area contributed by atoms with Crippen molar-refractivity contribution in [3.8, 4) is 17.4 Å². The Hall–Kier alpha value is -3.56. The third-order valence-corrected chi connectivity index (χ3v) is 5.96. The lowest BCUT2D eigenvalue weighted by Crippen LogP contribution is -2.46. The summed E-state index contributed by atoms with van der Waals surface area (Å²) in [6.07, 6.45) is 2.87. The Kier molecular flexibility index (Phi) is 7.57. The zero-order valence-electron chi connectivity index (χ0n) is 19.9. The molecule has 1 unspecified atom stereocenters. The number of carbonyl (C=O) groups is 1. The molecule has 0 aliphatic heterocycles. The van der Waals surface area contributed by atoms with Crippen molar-refractivity contribution in [3.63, 3.8) is 0 Å². The number of carbonyl (C=O) groups excluding carboxylic acids is 1. The quantitative estimate of drug-likeness (QED) is 0.353. The number of hydrogen-bond acceptors (Lipinski definition) is 5. The summed E-state index contributed by atoms with van der Waals surface area (Å²) in [5.41, 5.74) is 1.63. The average Bonchev–Trinajstić information content (AvgIpc) is 3.29. The van der Waals surface area contributed by atoms with Crippen LogP contribution in [0.4, 0.5) is 5.69 Å². The van der Waals surface area contributed by atoms with E-state index >= 15 is 0 Å². The van der Waals surface area contributed by atoms with Gasteiger partial charge < -0.3 is 19.4 Å². The average molecular weight is 446 g/mol. The molecular formula is C27H31N3O3. The molecule has 1 N–H and O–H groups in total. The van der Waals surface area contributed by atoms with Crippen LogP contribution in [0, 0.1) is 11.3 Å². The van der Waals surface area contributed by atoms with Crippen molar-refractivity contribution in [2.45, 2.75) is 32.2 Å². The number of amides is 1. The van der Waals surface area contributed by atoms with Gasteiger partial charge in [0.25, 0.3) is 5.91 Å². The Morgan fingerprint density at radius 2 is 1.91 bits per heavy atom. The number of hydrogen-bond donors (Lipinski definition) is 1. The summed E-state index contributed by atoms with van der Waals surface area (Å²) in [7, 11) is 5.67. The second kappa shape index (κ2) is 10.4. The van der Waals surface area contributed by atoms with Crippen molar-refractivity contribution in [2.75, 3.05) is 32.7 Å². The maximum absolute atomic E-state index is 12.7. The van der Waals surface area contributed by atoms with Gasteiger partial charge in [0.15, 0.2) is 0 Å². The van der Waals surface area contributed by atoms with Gasteiger partial charge >= 0.3 is 0 Å². The molecule has 0 aliphatic rings. The number of nitrogens with zero attached hydrogens (tertiary/aromatic N) is 2. The Morgan fingerprint density at radius 3 is 2.58 bits per heavy atom. The van der Waals surface area contributed by atoms with Crippen molar-refractivity contribution in [1.82, 2.24) is 5.32 Å². The third-order valence-electron chi connectivity index (χ3n) is 5.96. The van der Waals surface area contributed by atoms with Crippen LogP contribution < -0.4 is 10.2 Å². The molecule has 3 aromatic rings. The molecule has 0 radical (unpaired) electrons. The maximum atomic E-state index is 12.7. The lowest BCUT2D eigenvalue weighted by molar-refractivity contribution is -0.119. The summed E-state index contributed by atoms with van der Waals surface area (Å²) in [5.74, 6) is 0.712. The number of rotatable bonds is 9. The monoisotopic (exact) mass is 445 g/mol. The molecule has 0 bridgehead atoms. The first-order valence-corrected chi connectivity index (χ1v) is 11.0. The van der Waals surface area contributed by atoms with Crippen LogP contribution in [0.15, 0.2) is 58.5 Å². The van der Waals surface area contributed by atoms with E-state index in [1.165, 1.54) is 6.08 Å². The second-order valence-electron chi connectivity index (χ2n) is 8.62. The molecule has 1 aromatic heterocycles. The number of fused-ring (bicyclic) bond motifs is 1. The van der Waals surface area contributed by atoms with Crippen LogP contribution in [-0.4, -0.2) is 39.3 Å². The van der Waals surface area contributed by atoms with Crippen LogP contribution in [-0.2, 0) is 9.53 Å². The number of nitrogens with one attached hydrogen (secondary N) is 1. The number of methoxy groups -OCH3 is 1. The van der Waals surface area contributed by atoms with Crippen LogP contribution in [0.3, 0.4) is 0 Å². The molecule has 2 aromatic carbocycles. The predicted octanol–water partition coefficient (Wildman–Crippen LogP) is 5.39. The molecule has 0 spiro atoms. The van der Waals surface area contributed by atoms with Crippen LogP contribution in [0.1, 0.15) is 32.4 Å². The van der Waals surface area contributed by atoms with E-state index < -0.39 is 11.4 Å². The second-order valence-corrected chi connectivity index (χ2v) is 8.62. The first kappa shape index (κ1) is 24.1. The smallest absolute Gasteiger partial charge is 0.262 e. The molecule has 1 heterocycles. The first-order chi connectivity index (χ1) is 15.8. The molecule has 172 valence electrons. The van der Waals surface area contributed by atoms with Gasteiger partial charge in [0.1, 0.15) is 23.2 Å². The van der Waals surface area contributed by atoms with Gasteiger partial charge in [-0.25, -0.2) is 0 Å². The van der Waals surface area contributed by atoms with Gasteiger partial charge in [-0.3, -0.25) is 4.79 Å². The Balaban J connectivity index is 1.81. The van der Waals surface area contributed by atoms with Crippen molar-refractivity contribution < 1.29 is 13.9 Å². The fourth-order valence-corrected chi connectivity index (χ4v) is 3.54. The standard InChI is InChI=1S/C27H31N3O3/c1-6-27(2,13-14-32-5)29-26(31)22(18-28)17-24-11-12-25(33-24)21-8-7-20-16-23(30(3)4)10-9-19(20)15-21/h7-12,15-17H,6,13-14H2,1-5H3,(H,29,31)/b22-17+. The molecule has 6 nitrogen and oxygen atoms in total. The lowest BCUT2D eigenvalue weighted by Gasteiger charge is -2.29. The fourth-order valence-electron chi connectivity index (χ4n) is 3.54. The van der Waals surface area contributed by atoms with Crippen molar-refractivity contribution in [1.29, 1.82) is 5.26 Å². The number of ether oxygens (including phenoxy) is 1. The lowest BCUT2D eigenvalue weighted by atomic mass is 9.94. The predicted molar refractivity (Wildman–Crippen MR) is 133 cm³/mol. The van der Waals surface area contributed by atoms with E-state index in [0.717, 1.165) is 28.4 Å². The molecule has 0 aliphatic carbocycles. The van der Waals surface area contributed by atoms with E-state index in [-0.39, 0.29) is 5.57 Å². The summed E-state index contributed by atoms with van der Waals surface area (Å²) < 4.78 is 11.1. The molecule has 33 heavy (non-hydrogen) atoms. The zero-order chi connectivity index (χ0) is 24.0. The van der Waals surface area contributed by atoms with Gasteiger partial charge in [-0.05, 0) is 60.9 Å². The number of benzene rings is 2. The minimum absolute atomic E-state index is 0.00252. The normalized spacial score (nSPS) is 13.4. The van der Waals surface area contributed by atoms with Gasteiger partial charge in [0.05, 0.1) is 0 Å². The van der Waals surface area contributed by atoms with Gasteiger partial charge in [0.2, 0.25) is 0 Å². The maximum Gasteiger partial charge on any atom is 0.262 e. The SMILES string of the molecule is CCC(C)(CCOC)NC(=O)/C(C#N)=C/c1ccc(-c2ccc3cc(N(C)C)ccc3c2)o1. The highest BCUT2D eigenvalue weighted by Gasteiger charge is 2.25. The van der Waals surface area contributed by atoms with Gasteiger partial charge in [0, 0.05) is 50.7 Å². The van der Waals surface area contributed by atoms with E-state index in [9.17, 15) is 10.1 Å². The van der Waals surface area contributed by atoms with Gasteiger partial charge in [-0.2, -0.15) is 5.26 Å². The van der Waals surface area contributed by atoms with Gasteiger partial charge in [-0.1, -0.05) is 25.1 Å². The topological polar surface area (TPSA) is 78.5 Å². The van der Waals surface area contributed by atoms with Crippen LogP contribution in [0.25, 0.3) is 28.2 Å². The molecule has 6 heteroatoms. The highest BCUT2D eigenvalue weighted by atomic mass is 16.5. The van der Waals surface area contributed by atoms with E-state index in [4.69, 9.17) is 9.15 Å². The number of furan rings is 1. The summed E-state index contributed by atoms with van der Waals surface area (Å²) >= 11 is 0. The van der Waals surface area contributed by atoms with Crippen molar-refractivity contribution >= 4 is 28.4 Å². The van der Waals surface area contributed by atoms with Crippen LogP contribution in [0.5, 0.6) is 0 Å². The molecular weight excluding hydrogens is 414 g/mol. The summed E-state index contributed by atoms with van der Waals surface area (Å²) in [4.78, 5) is 14.8. The van der Waals surface area contributed by atoms with E-state index in [0.29, 0.717) is 24.5 Å². The largest absolute Gasteiger partial charge is 0.457 e. The van der Waals surface area contributed by atoms with Gasteiger partial charge in [-0.15, -0.1) is 0 Å². The van der Waals surface area contributed by atoms with E-state index in [1.807, 2.05) is 46.1 Å². The minimum Gasteiger partial charge on any atom is -0.457 e. The highest BCUT2D eigenvalue weighted by Crippen LogP contribution is 2.29. The molecule has 3 rings (SSSR count). The Labute approximate surface area is 195 Å². The molecule has 0 saturated carbocycles. The summed E-state index contributed by atoms with van der Waals surface area (Å²) in [6, 6.07) is 18.1. The fraction of sp³-hybridized carbons (Fsp3) is 0.333. The highest BCUT2D eigenvalue weighted by molar-refractivity contribution is 6.01. The third kappa shape index (κ3) is 5.82. The molecule has 1 atom stereocenters. The Bertz CT molecular complexity index is 1200. The van der Waals surface area contributed by atoms with Crippen molar-refractivity contribution in [3.05, 3.63) is 59.9 Å². The molecule has 0 fully saturated rings. The van der Waals surface area contributed by atoms with Crippen LogP contribution >= 0.6 is 0 Å². The molecule has 0 saturated heterocycles. The number of anilines is 1. The number of nitriles is 1. The van der Waals surface area contributed by atoms with Crippen molar-refractivity contribution in [2.24, 2.45) is 0 Å². The summed E-state index contributed by atoms with van der Waals surface area (Å²) in [5, 5.41) is 14.8. The first-order valence-electron chi connectivity index (χ1n) is 11.0. The van der Waals surface area contributed by atoms with E-state index in [1.54, 1.807) is 13.2 Å². The summed E-state index contributed by atoms with van der Waals surface area (Å²) in [6.45, 7) is 4.47. The van der Waals surface area contributed by atoms with E-state index in [2.05, 4.69) is 40.5 Å². The minimum atomic E-state index is -0.450. The Morgan fingerprint density at radius 1 is 1.18 bits per heavy atom. The van der Waals surface area contributed by atoms with Crippen LogP contribution in [0.2, 0.25) is 0 Å². The zero-order valence-corrected chi connectivity index (χ0v) is 19.9. The molecule has 1 amide bonds.